The van der Waals surface area contributed by atoms with Crippen molar-refractivity contribution in [2.75, 3.05) is 6.61 Å². The molecule has 2 N–H and O–H groups in total. The van der Waals surface area contributed by atoms with Crippen LogP contribution in [0.2, 0.25) is 5.02 Å². The number of aliphatic hydroxyl groups is 1. The Hall–Kier alpha value is -1.20. The zero-order chi connectivity index (χ0) is 14.6. The molecule has 106 valence electrons. The molecule has 0 aliphatic rings. The second-order valence-electron chi connectivity index (χ2n) is 4.65. The van der Waals surface area contributed by atoms with Crippen LogP contribution in [0.5, 0.6) is 0 Å². The van der Waals surface area contributed by atoms with Crippen LogP contribution in [-0.4, -0.2) is 23.2 Å². The minimum absolute atomic E-state index is 0.275. The Bertz CT molecular complexity index is 482. The summed E-state index contributed by atoms with van der Waals surface area (Å²) in [4.78, 5) is 11.9. The van der Waals surface area contributed by atoms with Gasteiger partial charge < -0.3 is 10.4 Å². The van der Waals surface area contributed by atoms with Gasteiger partial charge in [-0.2, -0.15) is 0 Å². The van der Waals surface area contributed by atoms with Gasteiger partial charge >= 0.3 is 0 Å². The molecule has 1 amide bonds. The normalized spacial score (nSPS) is 14.0. The standard InChI is InChI=1S/C13H16ClF2NO2/c1-3-6-13(2,7-18)17-12(19)8-4-5-9(15)10(14)11(8)16/h4-5,18H,3,6-7H2,1-2H3,(H,17,19)/t13-/m1/s1. The van der Waals surface area contributed by atoms with Crippen LogP contribution in [0, 0.1) is 11.6 Å². The van der Waals surface area contributed by atoms with Gasteiger partial charge in [-0.05, 0) is 25.5 Å². The van der Waals surface area contributed by atoms with Crippen molar-refractivity contribution in [3.05, 3.63) is 34.4 Å². The number of amides is 1. The molecule has 0 unspecified atom stereocenters. The van der Waals surface area contributed by atoms with Crippen molar-refractivity contribution in [1.82, 2.24) is 5.32 Å². The van der Waals surface area contributed by atoms with E-state index in [0.29, 0.717) is 6.42 Å². The lowest BCUT2D eigenvalue weighted by atomic mass is 9.96. The summed E-state index contributed by atoms with van der Waals surface area (Å²) in [6, 6.07) is 1.95. The summed E-state index contributed by atoms with van der Waals surface area (Å²) in [5.41, 5.74) is -1.19. The lowest BCUT2D eigenvalue weighted by Gasteiger charge is -2.28. The minimum atomic E-state index is -1.10. The first kappa shape index (κ1) is 15.9. The van der Waals surface area contributed by atoms with E-state index in [0.717, 1.165) is 18.6 Å². The van der Waals surface area contributed by atoms with Crippen LogP contribution >= 0.6 is 11.6 Å². The van der Waals surface area contributed by atoms with Crippen molar-refractivity contribution in [2.45, 2.75) is 32.2 Å². The number of rotatable bonds is 5. The average Bonchev–Trinajstić information content (AvgIpc) is 2.36. The molecule has 0 saturated carbocycles. The van der Waals surface area contributed by atoms with Gasteiger partial charge in [0.1, 0.15) is 10.8 Å². The first-order valence-corrected chi connectivity index (χ1v) is 6.29. The zero-order valence-electron chi connectivity index (χ0n) is 10.8. The fourth-order valence-corrected chi connectivity index (χ4v) is 1.94. The lowest BCUT2D eigenvalue weighted by molar-refractivity contribution is 0.0837. The van der Waals surface area contributed by atoms with Crippen molar-refractivity contribution >= 4 is 17.5 Å². The number of halogens is 3. The van der Waals surface area contributed by atoms with E-state index in [9.17, 15) is 18.7 Å². The van der Waals surface area contributed by atoms with Crippen LogP contribution in [0.15, 0.2) is 12.1 Å². The van der Waals surface area contributed by atoms with Crippen LogP contribution in [0.4, 0.5) is 8.78 Å². The first-order chi connectivity index (χ1) is 8.84. The van der Waals surface area contributed by atoms with Crippen molar-refractivity contribution in [1.29, 1.82) is 0 Å². The molecule has 3 nitrogen and oxygen atoms in total. The van der Waals surface area contributed by atoms with E-state index < -0.39 is 28.1 Å². The summed E-state index contributed by atoms with van der Waals surface area (Å²) in [6.45, 7) is 3.27. The molecule has 0 bridgehead atoms. The molecule has 0 aliphatic heterocycles. The molecular weight excluding hydrogens is 276 g/mol. The quantitative estimate of drug-likeness (QED) is 0.820. The Morgan fingerprint density at radius 1 is 1.47 bits per heavy atom. The van der Waals surface area contributed by atoms with Crippen molar-refractivity contribution in [2.24, 2.45) is 0 Å². The van der Waals surface area contributed by atoms with Gasteiger partial charge in [0.15, 0.2) is 5.82 Å². The molecule has 0 fully saturated rings. The molecule has 1 aromatic rings. The summed E-state index contributed by atoms with van der Waals surface area (Å²) >= 11 is 5.41. The number of benzene rings is 1. The van der Waals surface area contributed by atoms with E-state index in [-0.39, 0.29) is 12.2 Å². The highest BCUT2D eigenvalue weighted by Gasteiger charge is 2.27. The van der Waals surface area contributed by atoms with Gasteiger partial charge in [-0.1, -0.05) is 24.9 Å². The van der Waals surface area contributed by atoms with E-state index in [1.54, 1.807) is 6.92 Å². The third-order valence-corrected chi connectivity index (χ3v) is 3.19. The lowest BCUT2D eigenvalue weighted by Crippen LogP contribution is -2.49. The fraction of sp³-hybridized carbons (Fsp3) is 0.462. The average molecular weight is 292 g/mol. The van der Waals surface area contributed by atoms with Crippen LogP contribution in [0.1, 0.15) is 37.0 Å². The van der Waals surface area contributed by atoms with Crippen LogP contribution in [0.3, 0.4) is 0 Å². The van der Waals surface area contributed by atoms with Gasteiger partial charge in [0.2, 0.25) is 0 Å². The van der Waals surface area contributed by atoms with Gasteiger partial charge in [0.25, 0.3) is 5.91 Å². The van der Waals surface area contributed by atoms with E-state index in [4.69, 9.17) is 11.6 Å². The van der Waals surface area contributed by atoms with Gasteiger partial charge in [0.05, 0.1) is 17.7 Å². The molecule has 6 heteroatoms. The molecule has 0 radical (unpaired) electrons. The molecule has 1 aromatic carbocycles. The Kier molecular flexibility index (Phi) is 5.26. The summed E-state index contributed by atoms with van der Waals surface area (Å²) < 4.78 is 26.7. The van der Waals surface area contributed by atoms with Gasteiger partial charge in [-0.15, -0.1) is 0 Å². The SMILES string of the molecule is CCC[C@](C)(CO)NC(=O)c1ccc(F)c(Cl)c1F. The van der Waals surface area contributed by atoms with Crippen molar-refractivity contribution < 1.29 is 18.7 Å². The third-order valence-electron chi connectivity index (χ3n) is 2.85. The number of carbonyl (C=O) groups is 1. The highest BCUT2D eigenvalue weighted by atomic mass is 35.5. The molecular formula is C13H16ClF2NO2. The largest absolute Gasteiger partial charge is 0.394 e. The molecule has 0 aliphatic carbocycles. The number of carbonyl (C=O) groups excluding carboxylic acids is 1. The zero-order valence-corrected chi connectivity index (χ0v) is 11.5. The van der Waals surface area contributed by atoms with E-state index in [2.05, 4.69) is 5.32 Å². The maximum absolute atomic E-state index is 13.7. The topological polar surface area (TPSA) is 49.3 Å². The Balaban J connectivity index is 2.99. The number of hydrogen-bond acceptors (Lipinski definition) is 2. The monoisotopic (exact) mass is 291 g/mol. The third kappa shape index (κ3) is 3.64. The Morgan fingerprint density at radius 2 is 2.11 bits per heavy atom. The highest BCUT2D eigenvalue weighted by molar-refractivity contribution is 6.31. The summed E-state index contributed by atoms with van der Waals surface area (Å²) in [5, 5.41) is 11.1. The maximum Gasteiger partial charge on any atom is 0.254 e. The van der Waals surface area contributed by atoms with E-state index in [1.165, 1.54) is 0 Å². The second kappa shape index (κ2) is 6.30. The molecule has 1 atom stereocenters. The van der Waals surface area contributed by atoms with Crippen LogP contribution in [-0.2, 0) is 0 Å². The van der Waals surface area contributed by atoms with Crippen LogP contribution in [0.25, 0.3) is 0 Å². The predicted molar refractivity (Wildman–Crippen MR) is 69.2 cm³/mol. The van der Waals surface area contributed by atoms with Gasteiger partial charge in [0, 0.05) is 0 Å². The Morgan fingerprint density at radius 3 is 2.63 bits per heavy atom. The van der Waals surface area contributed by atoms with Crippen molar-refractivity contribution in [3.63, 3.8) is 0 Å². The molecule has 0 aromatic heterocycles. The smallest absolute Gasteiger partial charge is 0.254 e. The Labute approximate surface area is 115 Å². The predicted octanol–water partition coefficient (Wildman–Crippen LogP) is 2.90. The molecule has 19 heavy (non-hydrogen) atoms. The highest BCUT2D eigenvalue weighted by Crippen LogP contribution is 2.22. The first-order valence-electron chi connectivity index (χ1n) is 5.91. The molecule has 0 spiro atoms. The molecule has 0 heterocycles. The maximum atomic E-state index is 13.7. The summed E-state index contributed by atoms with van der Waals surface area (Å²) in [6.07, 6.45) is 1.27. The molecule has 0 saturated heterocycles. The summed E-state index contributed by atoms with van der Waals surface area (Å²) in [7, 11) is 0. The van der Waals surface area contributed by atoms with Gasteiger partial charge in [-0.25, -0.2) is 8.78 Å². The van der Waals surface area contributed by atoms with E-state index in [1.807, 2.05) is 6.92 Å². The summed E-state index contributed by atoms with van der Waals surface area (Å²) in [5.74, 6) is -2.76. The fourth-order valence-electron chi connectivity index (χ4n) is 1.78. The molecule has 1 rings (SSSR count). The van der Waals surface area contributed by atoms with Crippen molar-refractivity contribution in [3.8, 4) is 0 Å². The number of aliphatic hydroxyl groups excluding tert-OH is 1. The van der Waals surface area contributed by atoms with E-state index >= 15 is 0 Å². The minimum Gasteiger partial charge on any atom is -0.394 e. The number of hydrogen-bond donors (Lipinski definition) is 2. The second-order valence-corrected chi connectivity index (χ2v) is 5.02. The van der Waals surface area contributed by atoms with Gasteiger partial charge in [-0.3, -0.25) is 4.79 Å². The number of nitrogens with one attached hydrogen (secondary N) is 1. The van der Waals surface area contributed by atoms with Crippen LogP contribution < -0.4 is 5.32 Å².